The summed E-state index contributed by atoms with van der Waals surface area (Å²) in [6, 6.07) is 9.85. The molecule has 2 aromatic rings. The minimum atomic E-state index is -4.44. The fourth-order valence-electron chi connectivity index (χ4n) is 5.63. The molecule has 13 heteroatoms. The van der Waals surface area contributed by atoms with Crippen molar-refractivity contribution in [2.45, 2.75) is 44.0 Å². The largest absolute Gasteiger partial charge is 0.490 e. The van der Waals surface area contributed by atoms with Gasteiger partial charge >= 0.3 is 6.18 Å². The lowest BCUT2D eigenvalue weighted by atomic mass is 9.85. The normalized spacial score (nSPS) is 21.8. The molecular weight excluding hydrogens is 602 g/mol. The number of hydrogen-bond donors (Lipinski definition) is 0. The summed E-state index contributed by atoms with van der Waals surface area (Å²) in [5.74, 6) is -0.0285. The van der Waals surface area contributed by atoms with Gasteiger partial charge in [-0.3, -0.25) is 9.69 Å². The van der Waals surface area contributed by atoms with Gasteiger partial charge < -0.3 is 9.64 Å². The van der Waals surface area contributed by atoms with Crippen LogP contribution in [0.4, 0.5) is 13.2 Å². The summed E-state index contributed by atoms with van der Waals surface area (Å²) in [6.07, 6.45) is -2.38. The molecule has 4 rings (SSSR count). The minimum absolute atomic E-state index is 0.0470. The van der Waals surface area contributed by atoms with Crippen molar-refractivity contribution >= 4 is 39.1 Å². The van der Waals surface area contributed by atoms with E-state index in [1.54, 1.807) is 24.1 Å². The van der Waals surface area contributed by atoms with Gasteiger partial charge in [-0.2, -0.15) is 13.2 Å². The van der Waals surface area contributed by atoms with Crippen molar-refractivity contribution in [2.24, 2.45) is 5.92 Å². The first-order valence-electron chi connectivity index (χ1n) is 13.4. The Morgan fingerprint density at radius 2 is 1.71 bits per heavy atom. The summed E-state index contributed by atoms with van der Waals surface area (Å²) in [5.41, 5.74) is 0.142. The zero-order chi connectivity index (χ0) is 30.1. The van der Waals surface area contributed by atoms with Crippen LogP contribution in [0.15, 0.2) is 42.5 Å². The van der Waals surface area contributed by atoms with Crippen LogP contribution >= 0.6 is 23.2 Å². The Kier molecular flexibility index (Phi) is 9.85. The van der Waals surface area contributed by atoms with Gasteiger partial charge in [-0.1, -0.05) is 29.3 Å². The standard InChI is InChI=1S/C28H34Cl2F3N3O4S/c1-18(40-22-7-5-20(6-8-22)28(31,32)33)23-15-36(16-24(23)19-4-9-25(29)26(30)14-19)27(37)17-35-12-10-21(11-13-35)34(2)41(3,38)39/h4-9,14,18,21,23-24H,10-13,15-17H2,1-3H3. The average Bonchev–Trinajstić information content (AvgIpc) is 3.36. The molecule has 0 aliphatic carbocycles. The third kappa shape index (κ3) is 7.87. The van der Waals surface area contributed by atoms with E-state index >= 15 is 0 Å². The number of piperidine rings is 1. The molecule has 226 valence electrons. The molecule has 3 atom stereocenters. The number of sulfonamides is 1. The summed E-state index contributed by atoms with van der Waals surface area (Å²) in [6.45, 7) is 4.11. The van der Waals surface area contributed by atoms with E-state index in [-0.39, 0.29) is 30.3 Å². The predicted octanol–water partition coefficient (Wildman–Crippen LogP) is 5.38. The first kappa shape index (κ1) is 31.9. The topological polar surface area (TPSA) is 70.2 Å². The summed E-state index contributed by atoms with van der Waals surface area (Å²) >= 11 is 12.4. The fourth-order valence-corrected chi connectivity index (χ4v) is 6.69. The SMILES string of the molecule is CC(Oc1ccc(C(F)(F)F)cc1)C1CN(C(=O)CN2CCC(N(C)S(C)(=O)=O)CC2)CC1c1ccc(Cl)c(Cl)c1. The van der Waals surface area contributed by atoms with Gasteiger partial charge in [-0.15, -0.1) is 0 Å². The van der Waals surface area contributed by atoms with Crippen molar-refractivity contribution < 1.29 is 31.1 Å². The Labute approximate surface area is 249 Å². The van der Waals surface area contributed by atoms with Crippen molar-refractivity contribution in [3.63, 3.8) is 0 Å². The van der Waals surface area contributed by atoms with Crippen LogP contribution in [0.1, 0.15) is 36.8 Å². The molecule has 0 saturated carbocycles. The highest BCUT2D eigenvalue weighted by atomic mass is 35.5. The third-order valence-electron chi connectivity index (χ3n) is 8.15. The summed E-state index contributed by atoms with van der Waals surface area (Å²) in [5, 5.41) is 0.808. The molecule has 2 saturated heterocycles. The first-order chi connectivity index (χ1) is 19.1. The Hall–Kier alpha value is -2.05. The van der Waals surface area contributed by atoms with E-state index in [2.05, 4.69) is 0 Å². The molecule has 3 unspecified atom stereocenters. The molecule has 7 nitrogen and oxygen atoms in total. The average molecular weight is 637 g/mol. The van der Waals surface area contributed by atoms with E-state index in [0.29, 0.717) is 54.8 Å². The molecule has 0 spiro atoms. The Bertz CT molecular complexity index is 1340. The van der Waals surface area contributed by atoms with Gasteiger partial charge in [0, 0.05) is 51.1 Å². The molecule has 2 fully saturated rings. The van der Waals surface area contributed by atoms with Crippen molar-refractivity contribution in [1.82, 2.24) is 14.1 Å². The van der Waals surface area contributed by atoms with E-state index in [0.717, 1.165) is 17.7 Å². The molecule has 1 amide bonds. The van der Waals surface area contributed by atoms with E-state index < -0.39 is 27.9 Å². The maximum Gasteiger partial charge on any atom is 0.416 e. The predicted molar refractivity (Wildman–Crippen MR) is 153 cm³/mol. The van der Waals surface area contributed by atoms with Crippen molar-refractivity contribution in [3.8, 4) is 5.75 Å². The lowest BCUT2D eigenvalue weighted by Gasteiger charge is -2.35. The van der Waals surface area contributed by atoms with Crippen molar-refractivity contribution in [1.29, 1.82) is 0 Å². The molecule has 0 aromatic heterocycles. The molecule has 0 radical (unpaired) electrons. The number of benzene rings is 2. The van der Waals surface area contributed by atoms with E-state index in [9.17, 15) is 26.4 Å². The summed E-state index contributed by atoms with van der Waals surface area (Å²) in [4.78, 5) is 17.3. The van der Waals surface area contributed by atoms with E-state index in [1.807, 2.05) is 17.9 Å². The summed E-state index contributed by atoms with van der Waals surface area (Å²) in [7, 11) is -1.69. The molecule has 2 aliphatic rings. The van der Waals surface area contributed by atoms with Crippen LogP contribution in [0.25, 0.3) is 0 Å². The van der Waals surface area contributed by atoms with Gasteiger partial charge in [0.05, 0.1) is 28.4 Å². The molecule has 2 heterocycles. The highest BCUT2D eigenvalue weighted by molar-refractivity contribution is 7.88. The molecule has 2 aromatic carbocycles. The maximum absolute atomic E-state index is 13.4. The molecule has 2 aliphatic heterocycles. The number of nitrogens with zero attached hydrogens (tertiary/aromatic N) is 3. The number of amides is 1. The van der Waals surface area contributed by atoms with Crippen LogP contribution in [0.3, 0.4) is 0 Å². The number of halogens is 5. The molecular formula is C28H34Cl2F3N3O4S. The number of carbonyl (C=O) groups excluding carboxylic acids is 1. The molecule has 0 bridgehead atoms. The van der Waals surface area contributed by atoms with Gasteiger partial charge in [0.25, 0.3) is 0 Å². The number of alkyl halides is 3. The maximum atomic E-state index is 13.4. The number of hydrogen-bond acceptors (Lipinski definition) is 5. The fraction of sp³-hybridized carbons (Fsp3) is 0.536. The van der Waals surface area contributed by atoms with E-state index in [4.69, 9.17) is 27.9 Å². The molecule has 41 heavy (non-hydrogen) atoms. The lowest BCUT2D eigenvalue weighted by Crippen LogP contribution is -2.48. The first-order valence-corrected chi connectivity index (χ1v) is 16.0. The van der Waals surface area contributed by atoms with Gasteiger partial charge in [-0.25, -0.2) is 12.7 Å². The Morgan fingerprint density at radius 3 is 2.27 bits per heavy atom. The van der Waals surface area contributed by atoms with Crippen LogP contribution in [-0.4, -0.2) is 86.6 Å². The van der Waals surface area contributed by atoms with Gasteiger partial charge in [-0.05, 0) is 61.7 Å². The van der Waals surface area contributed by atoms with Gasteiger partial charge in [0.15, 0.2) is 0 Å². The van der Waals surface area contributed by atoms with Gasteiger partial charge in [0.1, 0.15) is 11.9 Å². The number of likely N-dealkylation sites (tertiary alicyclic amines) is 2. The lowest BCUT2D eigenvalue weighted by molar-refractivity contribution is -0.137. The van der Waals surface area contributed by atoms with Crippen LogP contribution in [-0.2, 0) is 21.0 Å². The van der Waals surface area contributed by atoms with Crippen LogP contribution in [0.5, 0.6) is 5.75 Å². The van der Waals surface area contributed by atoms with E-state index in [1.165, 1.54) is 22.7 Å². The third-order valence-corrected chi connectivity index (χ3v) is 10.2. The minimum Gasteiger partial charge on any atom is -0.490 e. The zero-order valence-electron chi connectivity index (χ0n) is 23.1. The number of carbonyl (C=O) groups is 1. The van der Waals surface area contributed by atoms with Crippen molar-refractivity contribution in [2.75, 3.05) is 46.0 Å². The molecule has 0 N–H and O–H groups in total. The number of rotatable bonds is 8. The van der Waals surface area contributed by atoms with Gasteiger partial charge in [0.2, 0.25) is 15.9 Å². The second kappa shape index (κ2) is 12.7. The van der Waals surface area contributed by atoms with Crippen molar-refractivity contribution in [3.05, 3.63) is 63.6 Å². The Balaban J connectivity index is 1.45. The highest BCUT2D eigenvalue weighted by Crippen LogP contribution is 2.39. The second-order valence-corrected chi connectivity index (χ2v) is 13.7. The Morgan fingerprint density at radius 1 is 1.07 bits per heavy atom. The van der Waals surface area contributed by atoms with Crippen LogP contribution in [0, 0.1) is 5.92 Å². The zero-order valence-corrected chi connectivity index (χ0v) is 25.4. The highest BCUT2D eigenvalue weighted by Gasteiger charge is 2.41. The smallest absolute Gasteiger partial charge is 0.416 e. The second-order valence-electron chi connectivity index (χ2n) is 10.9. The quantitative estimate of drug-likeness (QED) is 0.390. The summed E-state index contributed by atoms with van der Waals surface area (Å²) < 4.78 is 70.2. The van der Waals surface area contributed by atoms with Crippen LogP contribution < -0.4 is 4.74 Å². The monoisotopic (exact) mass is 635 g/mol. The number of ether oxygens (including phenoxy) is 1. The van der Waals surface area contributed by atoms with Crippen LogP contribution in [0.2, 0.25) is 10.0 Å².